The predicted octanol–water partition coefficient (Wildman–Crippen LogP) is 4.79. The van der Waals surface area contributed by atoms with Crippen LogP contribution in [0, 0.1) is 32.1 Å². The number of aromatic amines is 1. The highest BCUT2D eigenvalue weighted by Crippen LogP contribution is 2.43. The minimum atomic E-state index is -0.410. The third-order valence-electron chi connectivity index (χ3n) is 5.57. The number of methoxy groups -OCH3 is 1. The quantitative estimate of drug-likeness (QED) is 0.578. The molecule has 164 valence electrons. The lowest BCUT2D eigenvalue weighted by atomic mass is 9.83. The Morgan fingerprint density at radius 2 is 1.94 bits per heavy atom. The fourth-order valence-corrected chi connectivity index (χ4v) is 4.08. The molecule has 3 N–H and O–H groups in total. The topological polar surface area (TPSA) is 106 Å². The Labute approximate surface area is 191 Å². The first-order chi connectivity index (χ1) is 15.3. The summed E-state index contributed by atoms with van der Waals surface area (Å²) >= 11 is 6.27. The number of fused-ring (bicyclic) bond motifs is 1. The van der Waals surface area contributed by atoms with Crippen molar-refractivity contribution in [3.63, 3.8) is 0 Å². The molecule has 1 atom stereocenters. The molecule has 0 amide bonds. The van der Waals surface area contributed by atoms with Crippen molar-refractivity contribution in [3.05, 3.63) is 80.3 Å². The molecule has 0 saturated carbocycles. The first-order valence-electron chi connectivity index (χ1n) is 10.0. The van der Waals surface area contributed by atoms with Gasteiger partial charge in [-0.15, -0.1) is 5.10 Å². The number of hydrogen-bond acceptors (Lipinski definition) is 6. The highest BCUT2D eigenvalue weighted by atomic mass is 35.5. The Bertz CT molecular complexity index is 1250. The summed E-state index contributed by atoms with van der Waals surface area (Å²) in [5.74, 6) is 1.43. The van der Waals surface area contributed by atoms with Crippen molar-refractivity contribution in [3.8, 4) is 23.4 Å². The Kier molecular flexibility index (Phi) is 5.72. The van der Waals surface area contributed by atoms with Crippen LogP contribution in [0.1, 0.15) is 39.4 Å². The minimum Gasteiger partial charge on any atom is -0.496 e. The van der Waals surface area contributed by atoms with E-state index in [0.29, 0.717) is 17.2 Å². The number of rotatable bonds is 5. The lowest BCUT2D eigenvalue weighted by Crippen LogP contribution is -2.21. The van der Waals surface area contributed by atoms with Crippen molar-refractivity contribution >= 4 is 11.6 Å². The highest BCUT2D eigenvalue weighted by Gasteiger charge is 2.34. The molecular weight excluding hydrogens is 428 g/mol. The van der Waals surface area contributed by atoms with Gasteiger partial charge in [-0.2, -0.15) is 5.26 Å². The van der Waals surface area contributed by atoms with E-state index < -0.39 is 5.92 Å². The van der Waals surface area contributed by atoms with E-state index in [2.05, 4.69) is 16.3 Å². The van der Waals surface area contributed by atoms with Gasteiger partial charge in [0.15, 0.2) is 0 Å². The molecule has 2 aromatic carbocycles. The van der Waals surface area contributed by atoms with Gasteiger partial charge in [0, 0.05) is 21.8 Å². The molecule has 7 nitrogen and oxygen atoms in total. The van der Waals surface area contributed by atoms with E-state index in [9.17, 15) is 5.26 Å². The summed E-state index contributed by atoms with van der Waals surface area (Å²) in [6, 6.07) is 11.7. The second-order valence-electron chi connectivity index (χ2n) is 7.72. The maximum absolute atomic E-state index is 9.78. The lowest BCUT2D eigenvalue weighted by molar-refractivity contribution is 0.296. The molecule has 0 radical (unpaired) electrons. The number of nitrogens with one attached hydrogen (secondary N) is 1. The van der Waals surface area contributed by atoms with Gasteiger partial charge in [0.2, 0.25) is 11.8 Å². The number of allylic oxidation sites excluding steroid dienone is 1. The van der Waals surface area contributed by atoms with Crippen molar-refractivity contribution in [2.75, 3.05) is 7.11 Å². The average Bonchev–Trinajstić information content (AvgIpc) is 3.14. The Balaban J connectivity index is 1.72. The zero-order chi connectivity index (χ0) is 23.0. The number of benzene rings is 2. The van der Waals surface area contributed by atoms with Crippen molar-refractivity contribution in [2.45, 2.75) is 33.3 Å². The van der Waals surface area contributed by atoms with E-state index >= 15 is 0 Å². The highest BCUT2D eigenvalue weighted by molar-refractivity contribution is 6.32. The number of aromatic nitrogens is 2. The molecule has 0 spiro atoms. The molecule has 1 aromatic heterocycles. The fraction of sp³-hybridized carbons (Fsp3) is 0.250. The third kappa shape index (κ3) is 3.74. The summed E-state index contributed by atoms with van der Waals surface area (Å²) in [5.41, 5.74) is 11.6. The van der Waals surface area contributed by atoms with Crippen LogP contribution in [-0.2, 0) is 6.61 Å². The smallest absolute Gasteiger partial charge is 0.244 e. The molecular formula is C24H23ClN4O3. The first kappa shape index (κ1) is 21.6. The molecule has 32 heavy (non-hydrogen) atoms. The number of nitriles is 1. The lowest BCUT2D eigenvalue weighted by Gasteiger charge is -2.24. The van der Waals surface area contributed by atoms with E-state index in [1.807, 2.05) is 51.1 Å². The average molecular weight is 451 g/mol. The first-order valence-corrected chi connectivity index (χ1v) is 10.4. The number of nitrogens with two attached hydrogens (primary N) is 1. The number of aryl methyl sites for hydroxylation is 3. The molecule has 0 unspecified atom stereocenters. The van der Waals surface area contributed by atoms with E-state index in [0.717, 1.165) is 44.3 Å². The molecule has 1 aliphatic heterocycles. The molecule has 0 aliphatic carbocycles. The predicted molar refractivity (Wildman–Crippen MR) is 121 cm³/mol. The molecule has 3 aromatic rings. The molecule has 4 rings (SSSR count). The largest absolute Gasteiger partial charge is 0.496 e. The van der Waals surface area contributed by atoms with Crippen molar-refractivity contribution < 1.29 is 14.2 Å². The third-order valence-corrected chi connectivity index (χ3v) is 6.17. The molecule has 1 aliphatic rings. The number of nitrogens with zero attached hydrogens (tertiary/aromatic N) is 2. The van der Waals surface area contributed by atoms with Gasteiger partial charge in [-0.25, -0.2) is 0 Å². The van der Waals surface area contributed by atoms with Crippen LogP contribution in [0.2, 0.25) is 5.02 Å². The second kappa shape index (κ2) is 8.48. The van der Waals surface area contributed by atoms with Crippen LogP contribution in [0.5, 0.6) is 17.4 Å². The molecule has 0 saturated heterocycles. The van der Waals surface area contributed by atoms with E-state index in [1.54, 1.807) is 7.11 Å². The summed E-state index contributed by atoms with van der Waals surface area (Å²) in [4.78, 5) is 0. The molecule has 0 fully saturated rings. The second-order valence-corrected chi connectivity index (χ2v) is 8.10. The zero-order valence-electron chi connectivity index (χ0n) is 18.2. The molecule has 2 heterocycles. The Morgan fingerprint density at radius 3 is 2.59 bits per heavy atom. The van der Waals surface area contributed by atoms with E-state index in [-0.39, 0.29) is 12.5 Å². The van der Waals surface area contributed by atoms with Gasteiger partial charge in [0.1, 0.15) is 29.7 Å². The zero-order valence-corrected chi connectivity index (χ0v) is 19.0. The molecule has 0 bridgehead atoms. The summed E-state index contributed by atoms with van der Waals surface area (Å²) in [6.07, 6.45) is 0. The van der Waals surface area contributed by atoms with Gasteiger partial charge in [0.25, 0.3) is 0 Å². The Morgan fingerprint density at radius 1 is 1.22 bits per heavy atom. The summed E-state index contributed by atoms with van der Waals surface area (Å²) < 4.78 is 17.2. The van der Waals surface area contributed by atoms with Gasteiger partial charge in [-0.1, -0.05) is 17.7 Å². The van der Waals surface area contributed by atoms with Gasteiger partial charge in [-0.3, -0.25) is 5.10 Å². The number of hydrogen-bond donors (Lipinski definition) is 2. The Hall–Kier alpha value is -3.63. The van der Waals surface area contributed by atoms with Crippen molar-refractivity contribution in [1.29, 1.82) is 5.26 Å². The van der Waals surface area contributed by atoms with Crippen LogP contribution in [0.3, 0.4) is 0 Å². The van der Waals surface area contributed by atoms with Gasteiger partial charge < -0.3 is 19.9 Å². The maximum Gasteiger partial charge on any atom is 0.244 e. The SMILES string of the molecule is COc1ccc([C@@H]2C(C#N)=C(N)Oc3n[nH]c(C)c32)cc1COc1cc(C)c(Cl)c(C)c1. The van der Waals surface area contributed by atoms with Crippen LogP contribution in [-0.4, -0.2) is 17.3 Å². The van der Waals surface area contributed by atoms with Gasteiger partial charge >= 0.3 is 0 Å². The van der Waals surface area contributed by atoms with Crippen LogP contribution >= 0.6 is 11.6 Å². The fourth-order valence-electron chi connectivity index (χ4n) is 3.97. The minimum absolute atomic E-state index is 0.0530. The van der Waals surface area contributed by atoms with E-state index in [4.69, 9.17) is 31.5 Å². The standard InChI is InChI=1S/C24H23ClN4O3/c1-12-7-17(8-13(2)22(12)25)31-11-16-9-15(5-6-19(16)30-4)21-18(10-26)23(27)32-24-20(21)14(3)28-29-24/h5-9,21H,11,27H2,1-4H3,(H,28,29)/t21-/m1/s1. The normalized spacial score (nSPS) is 15.1. The summed E-state index contributed by atoms with van der Waals surface area (Å²) in [5, 5.41) is 17.6. The maximum atomic E-state index is 9.78. The summed E-state index contributed by atoms with van der Waals surface area (Å²) in [6.45, 7) is 6.05. The monoisotopic (exact) mass is 450 g/mol. The van der Waals surface area contributed by atoms with Crippen LogP contribution in [0.4, 0.5) is 0 Å². The number of halogens is 1. The van der Waals surface area contributed by atoms with Crippen LogP contribution < -0.4 is 19.9 Å². The summed E-state index contributed by atoms with van der Waals surface area (Å²) in [7, 11) is 1.61. The molecule has 8 heteroatoms. The number of ether oxygens (including phenoxy) is 3. The van der Waals surface area contributed by atoms with Crippen LogP contribution in [0.15, 0.2) is 41.8 Å². The van der Waals surface area contributed by atoms with Gasteiger partial charge in [-0.05, 0) is 61.7 Å². The van der Waals surface area contributed by atoms with Gasteiger partial charge in [0.05, 0.1) is 13.0 Å². The van der Waals surface area contributed by atoms with Crippen molar-refractivity contribution in [1.82, 2.24) is 10.2 Å². The number of H-pyrrole nitrogens is 1. The van der Waals surface area contributed by atoms with E-state index in [1.165, 1.54) is 0 Å². The van der Waals surface area contributed by atoms with Crippen molar-refractivity contribution in [2.24, 2.45) is 5.73 Å². The van der Waals surface area contributed by atoms with Crippen LogP contribution in [0.25, 0.3) is 0 Å².